The van der Waals surface area contributed by atoms with Gasteiger partial charge in [-0.15, -0.1) is 11.3 Å². The van der Waals surface area contributed by atoms with E-state index in [1.54, 1.807) is 11.3 Å². The van der Waals surface area contributed by atoms with Crippen molar-refractivity contribution in [2.45, 2.75) is 0 Å². The lowest BCUT2D eigenvalue weighted by atomic mass is 9.85. The first-order chi connectivity index (χ1) is 24.6. The van der Waals surface area contributed by atoms with E-state index in [9.17, 15) is 5.48 Å². The molecule has 1 heteroatoms. The highest BCUT2D eigenvalue weighted by Crippen LogP contribution is 2.45. The van der Waals surface area contributed by atoms with Crippen molar-refractivity contribution in [1.29, 1.82) is 0 Å². The van der Waals surface area contributed by atoms with E-state index in [0.717, 1.165) is 42.1 Å². The maximum absolute atomic E-state index is 9.28. The molecule has 0 aliphatic rings. The van der Waals surface area contributed by atoms with Crippen LogP contribution in [0.4, 0.5) is 0 Å². The van der Waals surface area contributed by atoms with E-state index in [1.807, 2.05) is 91.0 Å². The first kappa shape index (κ1) is 17.7. The van der Waals surface area contributed by atoms with Crippen molar-refractivity contribution < 1.29 is 11.0 Å². The first-order valence-corrected chi connectivity index (χ1v) is 14.9. The summed E-state index contributed by atoms with van der Waals surface area (Å²) in [6.07, 6.45) is 0. The highest BCUT2D eigenvalue weighted by Gasteiger charge is 2.17. The molecule has 9 rings (SSSR count). The predicted octanol–water partition coefficient (Wildman–Crippen LogP) is 12.5. The van der Waals surface area contributed by atoms with Gasteiger partial charge in [-0.2, -0.15) is 0 Å². The zero-order chi connectivity index (χ0) is 35.3. The lowest BCUT2D eigenvalue weighted by molar-refractivity contribution is 1.64. The van der Waals surface area contributed by atoms with Crippen molar-refractivity contribution in [3.05, 3.63) is 158 Å². The molecule has 1 aromatic heterocycles. The molecule has 0 saturated carbocycles. The average molecular weight is 571 g/mol. The van der Waals surface area contributed by atoms with Gasteiger partial charge in [0.25, 0.3) is 0 Å². The second kappa shape index (κ2) is 9.66. The van der Waals surface area contributed by atoms with Crippen LogP contribution in [0.1, 0.15) is 11.0 Å². The van der Waals surface area contributed by atoms with Gasteiger partial charge in [-0.1, -0.05) is 133 Å². The van der Waals surface area contributed by atoms with Gasteiger partial charge in [0.2, 0.25) is 0 Å². The minimum Gasteiger partial charge on any atom is -0.135 e. The quantitative estimate of drug-likeness (QED) is 0.185. The molecule has 0 aliphatic carbocycles. The van der Waals surface area contributed by atoms with Crippen LogP contribution < -0.4 is 0 Å². The molecule has 0 nitrogen and oxygen atoms in total. The van der Waals surface area contributed by atoms with Gasteiger partial charge in [0.15, 0.2) is 0 Å². The number of hydrogen-bond donors (Lipinski definition) is 0. The first-order valence-electron chi connectivity index (χ1n) is 18.1. The molecule has 0 amide bonds. The van der Waals surface area contributed by atoms with Crippen LogP contribution in [0, 0.1) is 0 Å². The maximum atomic E-state index is 9.28. The predicted molar refractivity (Wildman–Crippen MR) is 188 cm³/mol. The van der Waals surface area contributed by atoms with Crippen molar-refractivity contribution in [3.8, 4) is 33.4 Å². The fourth-order valence-corrected chi connectivity index (χ4v) is 7.44. The Labute approximate surface area is 265 Å². The normalized spacial score (nSPS) is 14.3. The van der Waals surface area contributed by atoms with Crippen molar-refractivity contribution in [1.82, 2.24) is 0 Å². The zero-order valence-electron chi connectivity index (χ0n) is 30.8. The Hall–Kier alpha value is -5.24. The molecule has 0 N–H and O–H groups in total. The summed E-state index contributed by atoms with van der Waals surface area (Å²) in [7, 11) is 0. The molecular weight excluding hydrogens is 537 g/mol. The van der Waals surface area contributed by atoms with Crippen LogP contribution >= 0.6 is 11.3 Å². The largest absolute Gasteiger partial charge is 0.135 e. The van der Waals surface area contributed by atoms with Gasteiger partial charge in [-0.3, -0.25) is 0 Å². The fraction of sp³-hybridized carbons (Fsp3) is 0. The molecule has 0 radical (unpaired) electrons. The minimum absolute atomic E-state index is 0.213. The highest BCUT2D eigenvalue weighted by atomic mass is 32.1. The van der Waals surface area contributed by atoms with Gasteiger partial charge in [0.05, 0.1) is 11.0 Å². The molecule has 200 valence electrons. The van der Waals surface area contributed by atoms with E-state index in [2.05, 4.69) is 18.2 Å². The maximum Gasteiger partial charge on any atom is 0.0629 e. The highest BCUT2D eigenvalue weighted by molar-refractivity contribution is 7.25. The van der Waals surface area contributed by atoms with Crippen LogP contribution in [-0.4, -0.2) is 0 Å². The lowest BCUT2D eigenvalue weighted by Gasteiger charge is -2.18. The van der Waals surface area contributed by atoms with Gasteiger partial charge >= 0.3 is 0 Å². The Kier molecular flexibility index (Phi) is 3.97. The van der Waals surface area contributed by atoms with Crippen molar-refractivity contribution in [3.63, 3.8) is 0 Å². The Bertz CT molecular complexity index is 2870. The van der Waals surface area contributed by atoms with E-state index in [1.165, 1.54) is 0 Å². The molecule has 0 fully saturated rings. The summed E-state index contributed by atoms with van der Waals surface area (Å²) < 4.78 is 74.1. The zero-order valence-corrected chi connectivity index (χ0v) is 23.6. The number of thiophene rings is 1. The monoisotopic (exact) mass is 570 g/mol. The van der Waals surface area contributed by atoms with Gasteiger partial charge in [0.1, 0.15) is 0 Å². The van der Waals surface area contributed by atoms with Crippen molar-refractivity contribution in [2.75, 3.05) is 0 Å². The number of rotatable bonds is 3. The summed E-state index contributed by atoms with van der Waals surface area (Å²) in [6.45, 7) is 0. The van der Waals surface area contributed by atoms with Gasteiger partial charge < -0.3 is 0 Å². The van der Waals surface area contributed by atoms with Crippen LogP contribution in [0.2, 0.25) is 0 Å². The molecule has 0 aliphatic heterocycles. The Morgan fingerprint density at radius 1 is 0.372 bits per heavy atom. The molecule has 0 spiro atoms. The summed E-state index contributed by atoms with van der Waals surface area (Å²) in [5, 5.41) is 4.85. The summed E-state index contributed by atoms with van der Waals surface area (Å²) in [6, 6.07) is 33.2. The number of hydrogen-bond acceptors (Lipinski definition) is 1. The van der Waals surface area contributed by atoms with E-state index >= 15 is 0 Å². The van der Waals surface area contributed by atoms with Crippen LogP contribution in [0.25, 0.3) is 85.9 Å². The summed E-state index contributed by atoms with van der Waals surface area (Å²) >= 11 is 1.61. The second-order valence-corrected chi connectivity index (χ2v) is 11.8. The van der Waals surface area contributed by atoms with E-state index in [0.29, 0.717) is 22.3 Å². The molecule has 1 heterocycles. The average Bonchev–Trinajstić information content (AvgIpc) is 3.54. The third-order valence-electron chi connectivity index (χ3n) is 8.28. The molecule has 0 bridgehead atoms. The Morgan fingerprint density at radius 2 is 0.884 bits per heavy atom. The molecular formula is C42H26S. The smallest absolute Gasteiger partial charge is 0.0629 e. The third kappa shape index (κ3) is 3.90. The summed E-state index contributed by atoms with van der Waals surface area (Å²) in [4.78, 5) is 0. The van der Waals surface area contributed by atoms with Crippen molar-refractivity contribution >= 4 is 63.8 Å². The fourth-order valence-electron chi connectivity index (χ4n) is 6.30. The number of fused-ring (bicyclic) bond motifs is 6. The number of benzene rings is 8. The van der Waals surface area contributed by atoms with Crippen LogP contribution in [0.5, 0.6) is 0 Å². The molecule has 9 aromatic rings. The molecule has 0 unspecified atom stereocenters. The molecule has 0 saturated heterocycles. The lowest BCUT2D eigenvalue weighted by Crippen LogP contribution is -1.91. The van der Waals surface area contributed by atoms with Crippen LogP contribution in [-0.2, 0) is 0 Å². The van der Waals surface area contributed by atoms with Gasteiger partial charge in [0, 0.05) is 20.2 Å². The SMILES string of the molecule is [2H]c1c([2H])c([2H])c2c(-c3ccc4c(c3)sc3ccccc34)c3c([2H])c([2H])c([2H])c([2H])c3c(-c3ccc4cc(-c5ccccc5)ccc4c3)c2c1[2H]. The van der Waals surface area contributed by atoms with E-state index in [-0.39, 0.29) is 45.7 Å². The summed E-state index contributed by atoms with van der Waals surface area (Å²) in [5.74, 6) is 0. The minimum atomic E-state index is -0.409. The van der Waals surface area contributed by atoms with Crippen LogP contribution in [0.3, 0.4) is 0 Å². The van der Waals surface area contributed by atoms with Crippen LogP contribution in [0.15, 0.2) is 158 Å². The van der Waals surface area contributed by atoms with Gasteiger partial charge in [-0.05, 0) is 90.0 Å². The van der Waals surface area contributed by atoms with E-state index < -0.39 is 24.2 Å². The molecule has 8 aromatic carbocycles. The van der Waals surface area contributed by atoms with Gasteiger partial charge in [-0.25, -0.2) is 0 Å². The molecule has 43 heavy (non-hydrogen) atoms. The van der Waals surface area contributed by atoms with Crippen molar-refractivity contribution in [2.24, 2.45) is 0 Å². The third-order valence-corrected chi connectivity index (χ3v) is 9.41. The second-order valence-electron chi connectivity index (χ2n) is 10.7. The molecule has 0 atom stereocenters. The van der Waals surface area contributed by atoms with E-state index in [4.69, 9.17) is 5.48 Å². The standard InChI is InChI=1S/C42H26S/c1-2-10-27(11-3-1)28-18-19-30-25-31(21-20-29(30)24-28)41-35-13-4-6-15-37(35)42(38-16-7-5-14-36(38)41)32-22-23-34-33-12-8-9-17-39(33)43-40(34)26-32/h1-26H/i4D,5D,6D,7D,13D,14D,15D,16D. The topological polar surface area (TPSA) is 0 Å². The Morgan fingerprint density at radius 3 is 1.56 bits per heavy atom. The summed E-state index contributed by atoms with van der Waals surface area (Å²) in [5.41, 5.74) is 4.03. The Balaban J connectivity index is 1.44.